The number of carbonyl (C=O) groups is 2. The molecule has 0 saturated heterocycles. The lowest BCUT2D eigenvalue weighted by Gasteiger charge is -2.18. The van der Waals surface area contributed by atoms with Gasteiger partial charge < -0.3 is 15.4 Å². The predicted octanol–water partition coefficient (Wildman–Crippen LogP) is 1.83. The molecule has 0 heterocycles. The molecule has 0 spiro atoms. The monoisotopic (exact) mass is 324 g/mol. The number of benzene rings is 1. The van der Waals surface area contributed by atoms with Gasteiger partial charge in [-0.05, 0) is 37.0 Å². The van der Waals surface area contributed by atoms with Gasteiger partial charge in [0.2, 0.25) is 5.91 Å². The Kier molecular flexibility index (Phi) is 9.14. The van der Waals surface area contributed by atoms with Crippen LogP contribution < -0.4 is 15.4 Å². The zero-order chi connectivity index (χ0) is 16.2. The van der Waals surface area contributed by atoms with Crippen molar-refractivity contribution in [3.05, 3.63) is 30.3 Å². The molecule has 1 atom stereocenters. The molecule has 0 aliphatic rings. The maximum absolute atomic E-state index is 12.0. The van der Waals surface area contributed by atoms with Crippen LogP contribution in [0.4, 0.5) is 0 Å². The average molecular weight is 324 g/mol. The number of thioether (sulfide) groups is 1. The van der Waals surface area contributed by atoms with E-state index >= 15 is 0 Å². The summed E-state index contributed by atoms with van der Waals surface area (Å²) in [6, 6.07) is 8.62. The molecule has 2 N–H and O–H groups in total. The van der Waals surface area contributed by atoms with Gasteiger partial charge in [0, 0.05) is 6.54 Å². The van der Waals surface area contributed by atoms with Crippen LogP contribution in [0, 0.1) is 0 Å². The van der Waals surface area contributed by atoms with Crippen molar-refractivity contribution >= 4 is 23.6 Å². The first-order chi connectivity index (χ1) is 10.7. The highest BCUT2D eigenvalue weighted by Gasteiger charge is 2.20. The van der Waals surface area contributed by atoms with Gasteiger partial charge in [-0.15, -0.1) is 0 Å². The second-order valence-electron chi connectivity index (χ2n) is 4.79. The highest BCUT2D eigenvalue weighted by molar-refractivity contribution is 7.98. The van der Waals surface area contributed by atoms with Gasteiger partial charge in [-0.25, -0.2) is 0 Å². The summed E-state index contributed by atoms with van der Waals surface area (Å²) in [4.78, 5) is 24.0. The Labute approximate surface area is 136 Å². The van der Waals surface area contributed by atoms with Crippen LogP contribution in [0.5, 0.6) is 5.75 Å². The number of amides is 2. The molecule has 1 aromatic rings. The molecule has 6 heteroatoms. The molecule has 1 unspecified atom stereocenters. The van der Waals surface area contributed by atoms with Crippen LogP contribution in [0.3, 0.4) is 0 Å². The summed E-state index contributed by atoms with van der Waals surface area (Å²) in [5, 5.41) is 5.56. The fourth-order valence-electron chi connectivity index (χ4n) is 1.78. The normalized spacial score (nSPS) is 11.5. The molecule has 0 aliphatic carbocycles. The van der Waals surface area contributed by atoms with Gasteiger partial charge in [0.25, 0.3) is 5.91 Å². The van der Waals surface area contributed by atoms with Crippen LogP contribution in [0.15, 0.2) is 30.3 Å². The van der Waals surface area contributed by atoms with Gasteiger partial charge in [-0.1, -0.05) is 25.1 Å². The molecule has 0 radical (unpaired) electrons. The summed E-state index contributed by atoms with van der Waals surface area (Å²) < 4.78 is 5.39. The molecule has 22 heavy (non-hydrogen) atoms. The number of ether oxygens (including phenoxy) is 1. The van der Waals surface area contributed by atoms with E-state index in [-0.39, 0.29) is 18.4 Å². The highest BCUT2D eigenvalue weighted by atomic mass is 32.2. The second-order valence-corrected chi connectivity index (χ2v) is 5.78. The summed E-state index contributed by atoms with van der Waals surface area (Å²) in [6.45, 7) is 2.51. The first kappa shape index (κ1) is 18.4. The third-order valence-corrected chi connectivity index (χ3v) is 3.57. The molecular weight excluding hydrogens is 300 g/mol. The molecule has 0 aromatic heterocycles. The highest BCUT2D eigenvalue weighted by Crippen LogP contribution is 2.08. The molecule has 2 amide bonds. The third kappa shape index (κ3) is 7.36. The summed E-state index contributed by atoms with van der Waals surface area (Å²) in [6.07, 6.45) is 3.45. The SMILES string of the molecule is CCCNC(=O)C(CCSC)NC(=O)COc1ccccc1. The number of hydrogen-bond acceptors (Lipinski definition) is 4. The lowest BCUT2D eigenvalue weighted by molar-refractivity contribution is -0.130. The molecule has 0 fully saturated rings. The number of carbonyl (C=O) groups excluding carboxylic acids is 2. The molecule has 122 valence electrons. The number of para-hydroxylation sites is 1. The van der Waals surface area contributed by atoms with Crippen LogP contribution in [0.2, 0.25) is 0 Å². The van der Waals surface area contributed by atoms with Gasteiger partial charge in [0.15, 0.2) is 6.61 Å². The van der Waals surface area contributed by atoms with Crippen LogP contribution in [-0.2, 0) is 9.59 Å². The van der Waals surface area contributed by atoms with Crippen LogP contribution in [0.1, 0.15) is 19.8 Å². The Balaban J connectivity index is 2.45. The molecule has 5 nitrogen and oxygen atoms in total. The Bertz CT molecular complexity index is 454. The van der Waals surface area contributed by atoms with Gasteiger partial charge in [-0.3, -0.25) is 9.59 Å². The minimum atomic E-state index is -0.508. The Hall–Kier alpha value is -1.69. The van der Waals surface area contributed by atoms with E-state index in [4.69, 9.17) is 4.74 Å². The van der Waals surface area contributed by atoms with Crippen molar-refractivity contribution in [2.45, 2.75) is 25.8 Å². The van der Waals surface area contributed by atoms with Crippen molar-refractivity contribution in [1.29, 1.82) is 0 Å². The topological polar surface area (TPSA) is 67.4 Å². The Morgan fingerprint density at radius 3 is 2.64 bits per heavy atom. The Morgan fingerprint density at radius 2 is 2.00 bits per heavy atom. The summed E-state index contributed by atoms with van der Waals surface area (Å²) in [5.74, 6) is 1.02. The van der Waals surface area contributed by atoms with Crippen molar-refractivity contribution in [1.82, 2.24) is 10.6 Å². The quantitative estimate of drug-likeness (QED) is 0.689. The zero-order valence-corrected chi connectivity index (χ0v) is 13.9. The average Bonchev–Trinajstić information content (AvgIpc) is 2.55. The van der Waals surface area contributed by atoms with Gasteiger partial charge in [0.05, 0.1) is 0 Å². The predicted molar refractivity (Wildman–Crippen MR) is 90.2 cm³/mol. The summed E-state index contributed by atoms with van der Waals surface area (Å²) in [5.41, 5.74) is 0. The summed E-state index contributed by atoms with van der Waals surface area (Å²) >= 11 is 1.65. The fraction of sp³-hybridized carbons (Fsp3) is 0.500. The zero-order valence-electron chi connectivity index (χ0n) is 13.1. The Morgan fingerprint density at radius 1 is 1.27 bits per heavy atom. The van der Waals surface area contributed by atoms with Crippen LogP contribution >= 0.6 is 11.8 Å². The smallest absolute Gasteiger partial charge is 0.258 e. The summed E-state index contributed by atoms with van der Waals surface area (Å²) in [7, 11) is 0. The minimum Gasteiger partial charge on any atom is -0.484 e. The molecule has 0 bridgehead atoms. The van der Waals surface area contributed by atoms with E-state index in [2.05, 4.69) is 10.6 Å². The van der Waals surface area contributed by atoms with E-state index in [1.807, 2.05) is 31.4 Å². The number of nitrogens with one attached hydrogen (secondary N) is 2. The number of rotatable bonds is 10. The van der Waals surface area contributed by atoms with Gasteiger partial charge in [-0.2, -0.15) is 11.8 Å². The largest absolute Gasteiger partial charge is 0.484 e. The van der Waals surface area contributed by atoms with E-state index in [1.165, 1.54) is 0 Å². The van der Waals surface area contributed by atoms with Crippen molar-refractivity contribution in [3.8, 4) is 5.75 Å². The standard InChI is InChI=1S/C16H24N2O3S/c1-3-10-17-16(20)14(9-11-22-2)18-15(19)12-21-13-7-5-4-6-8-13/h4-8,14H,3,9-12H2,1-2H3,(H,17,20)(H,18,19). The molecule has 1 aromatic carbocycles. The van der Waals surface area contributed by atoms with Crippen molar-refractivity contribution in [2.75, 3.05) is 25.2 Å². The van der Waals surface area contributed by atoms with E-state index in [0.29, 0.717) is 18.7 Å². The van der Waals surface area contributed by atoms with Crippen LogP contribution in [-0.4, -0.2) is 43.0 Å². The van der Waals surface area contributed by atoms with E-state index in [1.54, 1.807) is 23.9 Å². The first-order valence-electron chi connectivity index (χ1n) is 7.41. The van der Waals surface area contributed by atoms with E-state index in [0.717, 1.165) is 12.2 Å². The third-order valence-electron chi connectivity index (χ3n) is 2.92. The molecule has 1 rings (SSSR count). The maximum Gasteiger partial charge on any atom is 0.258 e. The minimum absolute atomic E-state index is 0.0964. The van der Waals surface area contributed by atoms with Crippen molar-refractivity contribution < 1.29 is 14.3 Å². The van der Waals surface area contributed by atoms with Crippen molar-refractivity contribution in [3.63, 3.8) is 0 Å². The lowest BCUT2D eigenvalue weighted by atomic mass is 10.2. The molecule has 0 saturated carbocycles. The van der Waals surface area contributed by atoms with Gasteiger partial charge in [0.1, 0.15) is 11.8 Å². The van der Waals surface area contributed by atoms with E-state index < -0.39 is 6.04 Å². The van der Waals surface area contributed by atoms with Gasteiger partial charge >= 0.3 is 0 Å². The number of hydrogen-bond donors (Lipinski definition) is 2. The van der Waals surface area contributed by atoms with E-state index in [9.17, 15) is 9.59 Å². The first-order valence-corrected chi connectivity index (χ1v) is 8.80. The second kappa shape index (κ2) is 11.0. The molecular formula is C16H24N2O3S. The maximum atomic E-state index is 12.0. The van der Waals surface area contributed by atoms with Crippen LogP contribution in [0.25, 0.3) is 0 Å². The molecule has 0 aliphatic heterocycles. The van der Waals surface area contributed by atoms with Crippen molar-refractivity contribution in [2.24, 2.45) is 0 Å². The lowest BCUT2D eigenvalue weighted by Crippen LogP contribution is -2.48. The fourth-order valence-corrected chi connectivity index (χ4v) is 2.25.